The SMILES string of the molecule is CCOC(=O)C(C)(C)COS(=O)(=O)ON1C(=O)N2C[C@H]1CC[C@H]2C(=O)NC1CCN(C(=O)OCOC(=O)[C@@H](NC(=O)OC(C)(C)C)C(C)C)CC1. The number of alkyl carbamates (subject to hydrolysis) is 1. The minimum Gasteiger partial charge on any atom is -0.466 e. The van der Waals surface area contributed by atoms with Crippen molar-refractivity contribution in [2.45, 2.75) is 111 Å². The maximum absolute atomic E-state index is 13.2. The molecule has 3 heterocycles. The zero-order valence-corrected chi connectivity index (χ0v) is 31.2. The number of carbonyl (C=O) groups excluding carboxylic acids is 6. The molecule has 2 N–H and O–H groups in total. The number of piperidine rings is 2. The number of esters is 2. The lowest BCUT2D eigenvalue weighted by molar-refractivity contribution is -0.156. The third-order valence-electron chi connectivity index (χ3n) is 8.27. The second kappa shape index (κ2) is 17.1. The fourth-order valence-corrected chi connectivity index (χ4v) is 6.35. The summed E-state index contributed by atoms with van der Waals surface area (Å²) in [6, 6.07) is -3.66. The fraction of sp³-hybridized carbons (Fsp3) is 0.806. The number of nitrogens with zero attached hydrogens (tertiary/aromatic N) is 3. The largest absolute Gasteiger partial charge is 0.466 e. The van der Waals surface area contributed by atoms with Crippen molar-refractivity contribution in [1.29, 1.82) is 0 Å². The molecule has 290 valence electrons. The molecule has 0 spiro atoms. The highest BCUT2D eigenvalue weighted by atomic mass is 32.3. The standard InChI is InChI=1S/C31H51N5O14S/c1-9-45-26(39)31(7,8)17-48-51(43,44)50-36-21-10-11-22(35(16-21)28(36)41)24(37)32-20-12-14-34(15-13-20)29(42)47-18-46-25(38)23(19(2)3)33-27(40)49-30(4,5)6/h19-23H,9-18H2,1-8H3,(H,32,37)(H,33,40)/t21-,22+,23+/m1/s1. The van der Waals surface area contributed by atoms with E-state index in [0.717, 1.165) is 0 Å². The Kier molecular flexibility index (Phi) is 13.9. The third-order valence-corrected chi connectivity index (χ3v) is 9.01. The Labute approximate surface area is 298 Å². The minimum absolute atomic E-state index is 0.0601. The van der Waals surface area contributed by atoms with E-state index >= 15 is 0 Å². The summed E-state index contributed by atoms with van der Waals surface area (Å²) in [5.41, 5.74) is -2.06. The van der Waals surface area contributed by atoms with Crippen LogP contribution in [-0.4, -0.2) is 129 Å². The van der Waals surface area contributed by atoms with Gasteiger partial charge in [0, 0.05) is 25.7 Å². The predicted octanol–water partition coefficient (Wildman–Crippen LogP) is 1.80. The summed E-state index contributed by atoms with van der Waals surface area (Å²) in [6.07, 6.45) is -0.204. The Morgan fingerprint density at radius 1 is 0.941 bits per heavy atom. The van der Waals surface area contributed by atoms with E-state index < -0.39 is 89.0 Å². The number of likely N-dealkylation sites (tertiary alicyclic amines) is 1. The van der Waals surface area contributed by atoms with Crippen LogP contribution in [0.2, 0.25) is 0 Å². The highest BCUT2D eigenvalue weighted by Gasteiger charge is 2.50. The van der Waals surface area contributed by atoms with Crippen molar-refractivity contribution < 1.29 is 64.6 Å². The Bertz CT molecular complexity index is 1410. The van der Waals surface area contributed by atoms with Gasteiger partial charge in [0.05, 0.1) is 24.7 Å². The molecule has 3 aliphatic heterocycles. The van der Waals surface area contributed by atoms with Crippen LogP contribution in [0.4, 0.5) is 14.4 Å². The molecule has 2 bridgehead atoms. The molecule has 3 fully saturated rings. The number of nitrogens with one attached hydrogen (secondary N) is 2. The molecule has 3 rings (SSSR count). The number of carbonyl (C=O) groups is 6. The molecule has 3 saturated heterocycles. The monoisotopic (exact) mass is 749 g/mol. The zero-order valence-electron chi connectivity index (χ0n) is 30.4. The number of rotatable bonds is 14. The third kappa shape index (κ3) is 11.8. The van der Waals surface area contributed by atoms with E-state index in [9.17, 15) is 37.2 Å². The topological polar surface area (TPSA) is 226 Å². The van der Waals surface area contributed by atoms with Gasteiger partial charge < -0.3 is 39.4 Å². The van der Waals surface area contributed by atoms with Crippen molar-refractivity contribution in [2.75, 3.05) is 39.6 Å². The zero-order chi connectivity index (χ0) is 38.3. The summed E-state index contributed by atoms with van der Waals surface area (Å²) in [4.78, 5) is 78.3. The first-order chi connectivity index (χ1) is 23.6. The van der Waals surface area contributed by atoms with E-state index in [0.29, 0.717) is 17.9 Å². The van der Waals surface area contributed by atoms with Gasteiger partial charge in [-0.05, 0) is 73.1 Å². The molecule has 0 aliphatic carbocycles. The van der Waals surface area contributed by atoms with Gasteiger partial charge in [-0.2, -0.15) is 13.5 Å². The summed E-state index contributed by atoms with van der Waals surface area (Å²) in [5, 5.41) is 6.06. The van der Waals surface area contributed by atoms with Crippen molar-refractivity contribution in [3.8, 4) is 0 Å². The molecule has 0 unspecified atom stereocenters. The lowest BCUT2D eigenvalue weighted by Gasteiger charge is -2.34. The van der Waals surface area contributed by atoms with Crippen molar-refractivity contribution >= 4 is 46.5 Å². The first-order valence-electron chi connectivity index (χ1n) is 16.9. The molecule has 0 saturated carbocycles. The molecule has 0 aromatic heterocycles. The second-order valence-corrected chi connectivity index (χ2v) is 15.7. The van der Waals surface area contributed by atoms with E-state index in [-0.39, 0.29) is 51.0 Å². The van der Waals surface area contributed by atoms with Crippen LogP contribution in [0.15, 0.2) is 0 Å². The van der Waals surface area contributed by atoms with Crippen LogP contribution < -0.4 is 10.6 Å². The van der Waals surface area contributed by atoms with Gasteiger partial charge in [0.1, 0.15) is 17.7 Å². The van der Waals surface area contributed by atoms with Crippen molar-refractivity contribution in [1.82, 2.24) is 25.5 Å². The number of ether oxygens (including phenoxy) is 4. The van der Waals surface area contributed by atoms with E-state index in [4.69, 9.17) is 27.4 Å². The Hall–Kier alpha value is -3.91. The number of fused-ring (bicyclic) bond motifs is 2. The number of hydroxylamine groups is 2. The number of hydrogen-bond acceptors (Lipinski definition) is 14. The van der Waals surface area contributed by atoms with Crippen LogP contribution in [0, 0.1) is 11.3 Å². The molecule has 0 radical (unpaired) electrons. The van der Waals surface area contributed by atoms with Crippen LogP contribution in [0.5, 0.6) is 0 Å². The maximum Gasteiger partial charge on any atom is 0.421 e. The summed E-state index contributed by atoms with van der Waals surface area (Å²) in [5.74, 6) is -2.22. The van der Waals surface area contributed by atoms with E-state index in [1.165, 1.54) is 23.6 Å². The summed E-state index contributed by atoms with van der Waals surface area (Å²) in [7, 11) is -4.74. The summed E-state index contributed by atoms with van der Waals surface area (Å²) >= 11 is 0. The highest BCUT2D eigenvalue weighted by Crippen LogP contribution is 2.32. The van der Waals surface area contributed by atoms with Gasteiger partial charge >= 0.3 is 40.6 Å². The summed E-state index contributed by atoms with van der Waals surface area (Å²) < 4.78 is 55.2. The van der Waals surface area contributed by atoms with E-state index in [1.807, 2.05) is 0 Å². The lowest BCUT2D eigenvalue weighted by atomic mass is 9.95. The predicted molar refractivity (Wildman–Crippen MR) is 175 cm³/mol. The lowest BCUT2D eigenvalue weighted by Crippen LogP contribution is -2.54. The van der Waals surface area contributed by atoms with E-state index in [2.05, 4.69) is 10.6 Å². The van der Waals surface area contributed by atoms with Gasteiger partial charge in [-0.15, -0.1) is 4.28 Å². The molecular weight excluding hydrogens is 698 g/mol. The Morgan fingerprint density at radius 3 is 2.18 bits per heavy atom. The number of hydrogen-bond donors (Lipinski definition) is 2. The Morgan fingerprint density at radius 2 is 1.59 bits per heavy atom. The molecule has 5 amide bonds. The van der Waals surface area contributed by atoms with Gasteiger partial charge in [-0.1, -0.05) is 13.8 Å². The fourth-order valence-electron chi connectivity index (χ4n) is 5.48. The highest BCUT2D eigenvalue weighted by molar-refractivity contribution is 7.81. The normalized spacial score (nSPS) is 20.5. The van der Waals surface area contributed by atoms with Gasteiger partial charge in [0.2, 0.25) is 12.7 Å². The minimum atomic E-state index is -4.74. The van der Waals surface area contributed by atoms with Crippen LogP contribution in [0.3, 0.4) is 0 Å². The van der Waals surface area contributed by atoms with Crippen LogP contribution in [0.25, 0.3) is 0 Å². The first-order valence-corrected chi connectivity index (χ1v) is 18.2. The first kappa shape index (κ1) is 41.5. The maximum atomic E-state index is 13.2. The van der Waals surface area contributed by atoms with Gasteiger partial charge in [0.15, 0.2) is 0 Å². The van der Waals surface area contributed by atoms with E-state index in [1.54, 1.807) is 41.5 Å². The van der Waals surface area contributed by atoms with Crippen molar-refractivity contribution in [3.05, 3.63) is 0 Å². The second-order valence-electron chi connectivity index (χ2n) is 14.5. The molecular formula is C31H51N5O14S. The molecule has 51 heavy (non-hydrogen) atoms. The average molecular weight is 750 g/mol. The Balaban J connectivity index is 1.42. The smallest absolute Gasteiger partial charge is 0.421 e. The summed E-state index contributed by atoms with van der Waals surface area (Å²) in [6.45, 7) is 12.4. The quantitative estimate of drug-likeness (QED) is 0.147. The van der Waals surface area contributed by atoms with Crippen LogP contribution >= 0.6 is 0 Å². The van der Waals surface area contributed by atoms with Crippen molar-refractivity contribution in [2.24, 2.45) is 11.3 Å². The average Bonchev–Trinajstić information content (AvgIpc) is 3.25. The molecule has 3 aliphatic rings. The molecule has 20 heteroatoms. The van der Waals surface area contributed by atoms with Crippen molar-refractivity contribution in [3.63, 3.8) is 0 Å². The van der Waals surface area contributed by atoms with Crippen LogP contribution in [0.1, 0.15) is 81.1 Å². The molecule has 3 atom stereocenters. The van der Waals surface area contributed by atoms with Crippen LogP contribution in [-0.2, 0) is 52.2 Å². The molecule has 0 aromatic rings. The molecule has 0 aromatic carbocycles. The number of urea groups is 1. The number of amides is 5. The van der Waals surface area contributed by atoms with Gasteiger partial charge in [-0.3, -0.25) is 9.59 Å². The van der Waals surface area contributed by atoms with Gasteiger partial charge in [-0.25, -0.2) is 23.4 Å². The van der Waals surface area contributed by atoms with Gasteiger partial charge in [0.25, 0.3) is 0 Å². The molecule has 19 nitrogen and oxygen atoms in total.